The largest absolute Gasteiger partial charge is 0.356 e. The Kier molecular flexibility index (Phi) is 4.10. The van der Waals surface area contributed by atoms with E-state index in [4.69, 9.17) is 14.5 Å². The van der Waals surface area contributed by atoms with Crippen LogP contribution in [0.1, 0.15) is 12.8 Å². The van der Waals surface area contributed by atoms with E-state index in [-0.39, 0.29) is 5.79 Å². The van der Waals surface area contributed by atoms with E-state index >= 15 is 0 Å². The first-order chi connectivity index (χ1) is 13.3. The molecule has 1 spiro atoms. The summed E-state index contributed by atoms with van der Waals surface area (Å²) in [6, 6.07) is 12.0. The molecule has 5 rings (SSSR count). The third-order valence-corrected chi connectivity index (χ3v) is 5.18. The molecule has 4 heterocycles. The number of nitrogens with zero attached hydrogens (tertiary/aromatic N) is 4. The fraction of sp³-hybridized carbons (Fsp3) is 0.350. The van der Waals surface area contributed by atoms with E-state index in [0.717, 1.165) is 48.3 Å². The zero-order chi connectivity index (χ0) is 18.1. The van der Waals surface area contributed by atoms with Crippen molar-refractivity contribution in [3.05, 3.63) is 48.8 Å². The van der Waals surface area contributed by atoms with Gasteiger partial charge < -0.3 is 19.7 Å². The summed E-state index contributed by atoms with van der Waals surface area (Å²) in [6.07, 6.45) is 5.29. The number of anilines is 3. The Labute approximate surface area is 157 Å². The second-order valence-corrected chi connectivity index (χ2v) is 6.84. The summed E-state index contributed by atoms with van der Waals surface area (Å²) in [5.41, 5.74) is 1.81. The predicted molar refractivity (Wildman–Crippen MR) is 103 cm³/mol. The number of piperidine rings is 1. The van der Waals surface area contributed by atoms with Crippen LogP contribution in [0.25, 0.3) is 10.9 Å². The molecule has 2 aromatic heterocycles. The molecule has 0 atom stereocenters. The average Bonchev–Trinajstić information content (AvgIpc) is 3.17. The molecule has 2 saturated heterocycles. The molecule has 7 nitrogen and oxygen atoms in total. The Bertz CT molecular complexity index is 943. The van der Waals surface area contributed by atoms with Crippen molar-refractivity contribution in [3.63, 3.8) is 0 Å². The highest BCUT2D eigenvalue weighted by Crippen LogP contribution is 2.33. The van der Waals surface area contributed by atoms with E-state index in [1.165, 1.54) is 0 Å². The van der Waals surface area contributed by atoms with Gasteiger partial charge in [0.1, 0.15) is 5.82 Å². The first-order valence-electron chi connectivity index (χ1n) is 9.28. The Morgan fingerprint density at radius 1 is 0.926 bits per heavy atom. The monoisotopic (exact) mass is 363 g/mol. The number of rotatable bonds is 3. The van der Waals surface area contributed by atoms with Gasteiger partial charge in [0.15, 0.2) is 5.79 Å². The van der Waals surface area contributed by atoms with Crippen LogP contribution in [0.2, 0.25) is 0 Å². The third kappa shape index (κ3) is 3.20. The molecule has 1 N–H and O–H groups in total. The summed E-state index contributed by atoms with van der Waals surface area (Å²) in [5.74, 6) is 1.10. The number of aromatic nitrogens is 3. The molecule has 2 aliphatic heterocycles. The Morgan fingerprint density at radius 2 is 1.74 bits per heavy atom. The molecule has 0 bridgehead atoms. The van der Waals surface area contributed by atoms with E-state index in [2.05, 4.69) is 20.2 Å². The van der Waals surface area contributed by atoms with Crippen LogP contribution in [-0.4, -0.2) is 47.0 Å². The highest BCUT2D eigenvalue weighted by molar-refractivity contribution is 5.91. The molecule has 0 amide bonds. The minimum absolute atomic E-state index is 0.376. The molecular formula is C20H21N5O2. The van der Waals surface area contributed by atoms with E-state index < -0.39 is 0 Å². The van der Waals surface area contributed by atoms with Gasteiger partial charge in [-0.15, -0.1) is 0 Å². The number of ether oxygens (including phenoxy) is 2. The number of nitrogens with one attached hydrogen (secondary N) is 1. The summed E-state index contributed by atoms with van der Waals surface area (Å²) in [5, 5.41) is 4.39. The smallest absolute Gasteiger partial charge is 0.229 e. The standard InChI is InChI=1S/C20H21N5O2/c1-3-15-4-2-9-21-18(15)16(5-1)23-19-22-10-6-17(24-19)25-11-7-20(8-12-25)26-13-14-27-20/h1-6,9-10H,7-8,11-14H2,(H,22,23,24). The molecule has 0 aliphatic carbocycles. The molecule has 7 heteroatoms. The number of hydrogen-bond acceptors (Lipinski definition) is 7. The first-order valence-corrected chi connectivity index (χ1v) is 9.28. The minimum Gasteiger partial charge on any atom is -0.356 e. The van der Waals surface area contributed by atoms with E-state index in [9.17, 15) is 0 Å². The summed E-state index contributed by atoms with van der Waals surface area (Å²) < 4.78 is 11.6. The molecular weight excluding hydrogens is 342 g/mol. The van der Waals surface area contributed by atoms with Crippen molar-refractivity contribution >= 4 is 28.4 Å². The maximum Gasteiger partial charge on any atom is 0.229 e. The second-order valence-electron chi connectivity index (χ2n) is 6.84. The number of pyridine rings is 1. The molecule has 3 aromatic rings. The van der Waals surface area contributed by atoms with Gasteiger partial charge in [0.2, 0.25) is 5.95 Å². The van der Waals surface area contributed by atoms with Gasteiger partial charge >= 0.3 is 0 Å². The van der Waals surface area contributed by atoms with Crippen LogP contribution in [-0.2, 0) is 9.47 Å². The number of hydrogen-bond donors (Lipinski definition) is 1. The van der Waals surface area contributed by atoms with Crippen molar-refractivity contribution < 1.29 is 9.47 Å². The molecule has 2 aliphatic rings. The molecule has 0 radical (unpaired) electrons. The lowest BCUT2D eigenvalue weighted by Crippen LogP contribution is -2.45. The van der Waals surface area contributed by atoms with Crippen molar-refractivity contribution in [1.82, 2.24) is 15.0 Å². The van der Waals surface area contributed by atoms with E-state index in [1.54, 1.807) is 12.4 Å². The van der Waals surface area contributed by atoms with Gasteiger partial charge in [-0.3, -0.25) is 4.98 Å². The maximum atomic E-state index is 5.81. The quantitative estimate of drug-likeness (QED) is 0.766. The Hall–Kier alpha value is -2.77. The normalized spacial score (nSPS) is 18.9. The van der Waals surface area contributed by atoms with Crippen molar-refractivity contribution in [2.45, 2.75) is 18.6 Å². The highest BCUT2D eigenvalue weighted by Gasteiger charge is 2.40. The fourth-order valence-electron chi connectivity index (χ4n) is 3.77. The lowest BCUT2D eigenvalue weighted by atomic mass is 10.0. The molecule has 2 fully saturated rings. The van der Waals surface area contributed by atoms with Crippen LogP contribution < -0.4 is 10.2 Å². The summed E-state index contributed by atoms with van der Waals surface area (Å²) in [6.45, 7) is 3.10. The van der Waals surface area contributed by atoms with Gasteiger partial charge in [-0.25, -0.2) is 4.98 Å². The molecule has 1 aromatic carbocycles. The minimum atomic E-state index is -0.376. The van der Waals surface area contributed by atoms with Crippen molar-refractivity contribution in [2.24, 2.45) is 0 Å². The van der Waals surface area contributed by atoms with Gasteiger partial charge in [0.05, 0.1) is 24.4 Å². The Morgan fingerprint density at radius 3 is 2.59 bits per heavy atom. The molecule has 0 unspecified atom stereocenters. The van der Waals surface area contributed by atoms with Gasteiger partial charge in [-0.1, -0.05) is 18.2 Å². The van der Waals surface area contributed by atoms with Crippen LogP contribution >= 0.6 is 0 Å². The topological polar surface area (TPSA) is 72.4 Å². The van der Waals surface area contributed by atoms with Gasteiger partial charge in [0.25, 0.3) is 0 Å². The molecule has 27 heavy (non-hydrogen) atoms. The Balaban J connectivity index is 1.35. The van der Waals surface area contributed by atoms with Gasteiger partial charge in [0, 0.05) is 43.7 Å². The van der Waals surface area contributed by atoms with Crippen molar-refractivity contribution in [2.75, 3.05) is 36.5 Å². The fourth-order valence-corrected chi connectivity index (χ4v) is 3.77. The summed E-state index contributed by atoms with van der Waals surface area (Å²) >= 11 is 0. The number of fused-ring (bicyclic) bond motifs is 1. The van der Waals surface area contributed by atoms with Gasteiger partial charge in [-0.2, -0.15) is 4.98 Å². The van der Waals surface area contributed by atoms with Crippen LogP contribution in [0.3, 0.4) is 0 Å². The van der Waals surface area contributed by atoms with Gasteiger partial charge in [-0.05, 0) is 18.2 Å². The van der Waals surface area contributed by atoms with Crippen LogP contribution in [0, 0.1) is 0 Å². The molecule has 0 saturated carbocycles. The number of benzene rings is 1. The average molecular weight is 363 g/mol. The van der Waals surface area contributed by atoms with Crippen LogP contribution in [0.5, 0.6) is 0 Å². The summed E-state index contributed by atoms with van der Waals surface area (Å²) in [7, 11) is 0. The lowest BCUT2D eigenvalue weighted by molar-refractivity contribution is -0.169. The first kappa shape index (κ1) is 16.4. The molecule has 138 valence electrons. The van der Waals surface area contributed by atoms with Crippen molar-refractivity contribution in [1.29, 1.82) is 0 Å². The zero-order valence-electron chi connectivity index (χ0n) is 15.0. The maximum absolute atomic E-state index is 5.81. The lowest BCUT2D eigenvalue weighted by Gasteiger charge is -2.38. The van der Waals surface area contributed by atoms with Crippen LogP contribution in [0.15, 0.2) is 48.8 Å². The van der Waals surface area contributed by atoms with E-state index in [1.807, 2.05) is 36.4 Å². The van der Waals surface area contributed by atoms with E-state index in [0.29, 0.717) is 19.2 Å². The zero-order valence-corrected chi connectivity index (χ0v) is 15.0. The highest BCUT2D eigenvalue weighted by atomic mass is 16.7. The van der Waals surface area contributed by atoms with Crippen LogP contribution in [0.4, 0.5) is 17.5 Å². The second kappa shape index (κ2) is 6.75. The van der Waals surface area contributed by atoms with Crippen molar-refractivity contribution in [3.8, 4) is 0 Å². The number of para-hydroxylation sites is 1. The SMILES string of the molecule is c1cnc2c(Nc3nccc(N4CCC5(CC4)OCCO5)n3)cccc2c1. The third-order valence-electron chi connectivity index (χ3n) is 5.18. The predicted octanol–water partition coefficient (Wildman–Crippen LogP) is 3.11. The summed E-state index contributed by atoms with van der Waals surface area (Å²) in [4.78, 5) is 15.8.